The number of ether oxygens (including phenoxy) is 4. The van der Waals surface area contributed by atoms with E-state index < -0.39 is 5.79 Å². The molecular formula is C13H18O4. The molecule has 0 atom stereocenters. The minimum Gasteiger partial charge on any atom is -0.497 e. The van der Waals surface area contributed by atoms with Crippen LogP contribution in [0, 0.1) is 0 Å². The summed E-state index contributed by atoms with van der Waals surface area (Å²) < 4.78 is 22.0. The molecule has 0 radical (unpaired) electrons. The third kappa shape index (κ3) is 2.37. The smallest absolute Gasteiger partial charge is 0.195 e. The van der Waals surface area contributed by atoms with Crippen LogP contribution in [0.25, 0.3) is 0 Å². The van der Waals surface area contributed by atoms with Crippen molar-refractivity contribution in [1.82, 2.24) is 0 Å². The predicted molar refractivity (Wildman–Crippen MR) is 63.4 cm³/mol. The fourth-order valence-corrected chi connectivity index (χ4v) is 1.96. The molecule has 1 aliphatic rings. The van der Waals surface area contributed by atoms with Crippen LogP contribution in [-0.4, -0.2) is 27.4 Å². The maximum atomic E-state index is 5.72. The lowest BCUT2D eigenvalue weighted by Gasteiger charge is -2.35. The van der Waals surface area contributed by atoms with E-state index in [-0.39, 0.29) is 0 Å². The van der Waals surface area contributed by atoms with Crippen LogP contribution in [0.5, 0.6) is 11.5 Å². The number of hydrogen-bond acceptors (Lipinski definition) is 4. The summed E-state index contributed by atoms with van der Waals surface area (Å²) in [5.74, 6) is 0.745. The minimum absolute atomic E-state index is 0.700. The Morgan fingerprint density at radius 2 is 1.82 bits per heavy atom. The Kier molecular flexibility index (Phi) is 3.54. The van der Waals surface area contributed by atoms with Crippen molar-refractivity contribution in [3.05, 3.63) is 23.8 Å². The molecule has 0 unspecified atom stereocenters. The van der Waals surface area contributed by atoms with Gasteiger partial charge in [0.2, 0.25) is 0 Å². The predicted octanol–water partition coefficient (Wildman–Crippen LogP) is 2.31. The minimum atomic E-state index is -0.726. The molecule has 1 aromatic rings. The molecule has 1 heterocycles. The molecule has 4 heteroatoms. The van der Waals surface area contributed by atoms with E-state index >= 15 is 0 Å². The molecule has 0 aliphatic carbocycles. The van der Waals surface area contributed by atoms with Crippen molar-refractivity contribution in [1.29, 1.82) is 0 Å². The lowest BCUT2D eigenvalue weighted by atomic mass is 10.0. The third-order valence-electron chi connectivity index (χ3n) is 2.94. The highest BCUT2D eigenvalue weighted by molar-refractivity contribution is 5.43. The highest BCUT2D eigenvalue weighted by atomic mass is 16.7. The van der Waals surface area contributed by atoms with Gasteiger partial charge in [-0.3, -0.25) is 0 Å². The van der Waals surface area contributed by atoms with Gasteiger partial charge in [0.15, 0.2) is 5.79 Å². The zero-order chi connectivity index (χ0) is 12.3. The van der Waals surface area contributed by atoms with Gasteiger partial charge in [-0.15, -0.1) is 0 Å². The summed E-state index contributed by atoms with van der Waals surface area (Å²) in [5.41, 5.74) is 0.889. The molecule has 4 nitrogen and oxygen atoms in total. The topological polar surface area (TPSA) is 36.9 Å². The molecule has 0 bridgehead atoms. The first kappa shape index (κ1) is 12.2. The standard InChI is InChI=1S/C13H18O4/c1-13(16-7-4-8-17-13)11-6-5-10(14-2)9-12(11)15-3/h5-6,9H,4,7-8H2,1-3H3. The van der Waals surface area contributed by atoms with E-state index in [2.05, 4.69) is 0 Å². The first-order chi connectivity index (χ1) is 8.19. The van der Waals surface area contributed by atoms with Crippen molar-refractivity contribution in [2.45, 2.75) is 19.1 Å². The molecule has 0 N–H and O–H groups in total. The maximum Gasteiger partial charge on any atom is 0.195 e. The van der Waals surface area contributed by atoms with Gasteiger partial charge in [-0.2, -0.15) is 0 Å². The molecule has 0 saturated carbocycles. The number of hydrogen-bond donors (Lipinski definition) is 0. The van der Waals surface area contributed by atoms with Crippen LogP contribution in [0.15, 0.2) is 18.2 Å². The molecule has 17 heavy (non-hydrogen) atoms. The van der Waals surface area contributed by atoms with Gasteiger partial charge in [0.1, 0.15) is 11.5 Å². The third-order valence-corrected chi connectivity index (χ3v) is 2.94. The second-order valence-corrected chi connectivity index (χ2v) is 4.06. The molecule has 1 aliphatic heterocycles. The lowest BCUT2D eigenvalue weighted by Crippen LogP contribution is -2.35. The van der Waals surface area contributed by atoms with Gasteiger partial charge in [0.25, 0.3) is 0 Å². The van der Waals surface area contributed by atoms with Crippen molar-refractivity contribution >= 4 is 0 Å². The van der Waals surface area contributed by atoms with Gasteiger partial charge < -0.3 is 18.9 Å². The molecule has 94 valence electrons. The molecule has 1 aromatic carbocycles. The number of methoxy groups -OCH3 is 2. The first-order valence-electron chi connectivity index (χ1n) is 5.70. The van der Waals surface area contributed by atoms with Gasteiger partial charge >= 0.3 is 0 Å². The van der Waals surface area contributed by atoms with Crippen molar-refractivity contribution < 1.29 is 18.9 Å². The SMILES string of the molecule is COc1ccc(C2(C)OCCCO2)c(OC)c1. The number of rotatable bonds is 3. The molecular weight excluding hydrogens is 220 g/mol. The van der Waals surface area contributed by atoms with Crippen molar-refractivity contribution in [3.63, 3.8) is 0 Å². The van der Waals surface area contributed by atoms with Crippen LogP contribution in [0.2, 0.25) is 0 Å². The maximum absolute atomic E-state index is 5.72. The van der Waals surface area contributed by atoms with E-state index in [1.807, 2.05) is 25.1 Å². The molecule has 0 aromatic heterocycles. The highest BCUT2D eigenvalue weighted by Crippen LogP contribution is 2.37. The summed E-state index contributed by atoms with van der Waals surface area (Å²) in [5, 5.41) is 0. The second-order valence-electron chi connectivity index (χ2n) is 4.06. The van der Waals surface area contributed by atoms with Crippen LogP contribution in [0.3, 0.4) is 0 Å². The molecule has 0 spiro atoms. The van der Waals surface area contributed by atoms with Gasteiger partial charge in [0.05, 0.1) is 33.0 Å². The van der Waals surface area contributed by atoms with E-state index in [9.17, 15) is 0 Å². The van der Waals surface area contributed by atoms with Crippen LogP contribution >= 0.6 is 0 Å². The lowest BCUT2D eigenvalue weighted by molar-refractivity contribution is -0.265. The van der Waals surface area contributed by atoms with Crippen LogP contribution in [-0.2, 0) is 15.3 Å². The average molecular weight is 238 g/mol. The monoisotopic (exact) mass is 238 g/mol. The normalized spacial score (nSPS) is 18.8. The Morgan fingerprint density at radius 1 is 1.12 bits per heavy atom. The molecule has 1 saturated heterocycles. The van der Waals surface area contributed by atoms with Crippen LogP contribution in [0.1, 0.15) is 18.9 Å². The first-order valence-corrected chi connectivity index (χ1v) is 5.70. The summed E-state index contributed by atoms with van der Waals surface area (Å²) in [6.07, 6.45) is 0.925. The van der Waals surface area contributed by atoms with Crippen LogP contribution in [0.4, 0.5) is 0 Å². The van der Waals surface area contributed by atoms with E-state index in [1.54, 1.807) is 14.2 Å². The Labute approximate surface area is 101 Å². The summed E-state index contributed by atoms with van der Waals surface area (Å²) in [4.78, 5) is 0. The molecule has 1 fully saturated rings. The summed E-state index contributed by atoms with van der Waals surface area (Å²) in [6, 6.07) is 5.63. The number of benzene rings is 1. The fourth-order valence-electron chi connectivity index (χ4n) is 1.96. The quantitative estimate of drug-likeness (QED) is 0.809. The Morgan fingerprint density at radius 3 is 2.41 bits per heavy atom. The van der Waals surface area contributed by atoms with E-state index in [1.165, 1.54) is 0 Å². The van der Waals surface area contributed by atoms with Gasteiger partial charge in [0, 0.05) is 6.07 Å². The summed E-state index contributed by atoms with van der Waals surface area (Å²) in [7, 11) is 3.26. The van der Waals surface area contributed by atoms with E-state index in [0.29, 0.717) is 19.0 Å². The zero-order valence-electron chi connectivity index (χ0n) is 10.5. The van der Waals surface area contributed by atoms with Gasteiger partial charge in [-0.05, 0) is 25.5 Å². The van der Waals surface area contributed by atoms with Gasteiger partial charge in [-0.1, -0.05) is 0 Å². The summed E-state index contributed by atoms with van der Waals surface area (Å²) in [6.45, 7) is 3.31. The fraction of sp³-hybridized carbons (Fsp3) is 0.538. The second kappa shape index (κ2) is 4.94. The average Bonchev–Trinajstić information content (AvgIpc) is 2.38. The van der Waals surface area contributed by atoms with Crippen molar-refractivity contribution in [2.24, 2.45) is 0 Å². The molecule has 0 amide bonds. The Hall–Kier alpha value is -1.26. The zero-order valence-corrected chi connectivity index (χ0v) is 10.5. The Balaban J connectivity index is 2.36. The van der Waals surface area contributed by atoms with E-state index in [0.717, 1.165) is 17.7 Å². The van der Waals surface area contributed by atoms with Gasteiger partial charge in [-0.25, -0.2) is 0 Å². The highest BCUT2D eigenvalue weighted by Gasteiger charge is 2.34. The molecule has 2 rings (SSSR count). The van der Waals surface area contributed by atoms with Crippen LogP contribution < -0.4 is 9.47 Å². The Bertz CT molecular complexity index is 383. The van der Waals surface area contributed by atoms with E-state index in [4.69, 9.17) is 18.9 Å². The largest absolute Gasteiger partial charge is 0.497 e. The van der Waals surface area contributed by atoms with Crippen molar-refractivity contribution in [2.75, 3.05) is 27.4 Å². The summed E-state index contributed by atoms with van der Waals surface area (Å²) >= 11 is 0. The van der Waals surface area contributed by atoms with Crippen molar-refractivity contribution in [3.8, 4) is 11.5 Å².